The first kappa shape index (κ1) is 19.7. The van der Waals surface area contributed by atoms with Crippen LogP contribution in [0.25, 0.3) is 0 Å². The van der Waals surface area contributed by atoms with Crippen LogP contribution in [0.3, 0.4) is 0 Å². The first-order valence-electron chi connectivity index (χ1n) is 9.78. The summed E-state index contributed by atoms with van der Waals surface area (Å²) in [6, 6.07) is 8.72. The summed E-state index contributed by atoms with van der Waals surface area (Å²) in [5.74, 6) is 1.86. The Labute approximate surface area is 174 Å². The molecule has 0 saturated carbocycles. The third-order valence-electron chi connectivity index (χ3n) is 5.21. The fourth-order valence-corrected chi connectivity index (χ4v) is 3.64. The Bertz CT molecular complexity index is 1000. The van der Waals surface area contributed by atoms with Gasteiger partial charge in [0.1, 0.15) is 5.75 Å². The van der Waals surface area contributed by atoms with Crippen molar-refractivity contribution in [1.82, 2.24) is 20.2 Å². The van der Waals surface area contributed by atoms with Crippen LogP contribution in [0.4, 0.5) is 11.6 Å². The van der Waals surface area contributed by atoms with Crippen LogP contribution in [0.1, 0.15) is 34.8 Å². The molecule has 1 amide bonds. The van der Waals surface area contributed by atoms with Gasteiger partial charge in [0.2, 0.25) is 11.8 Å². The Morgan fingerprint density at radius 2 is 2.03 bits per heavy atom. The Morgan fingerprint density at radius 3 is 2.80 bits per heavy atom. The lowest BCUT2D eigenvalue weighted by Crippen LogP contribution is -2.36. The van der Waals surface area contributed by atoms with Gasteiger partial charge < -0.3 is 19.7 Å². The predicted molar refractivity (Wildman–Crippen MR) is 112 cm³/mol. The number of carbonyl (C=O) groups excluding carboxylic acids is 1. The molecule has 0 spiro atoms. The van der Waals surface area contributed by atoms with Crippen molar-refractivity contribution < 1.29 is 14.3 Å². The Hall–Kier alpha value is -3.62. The monoisotopic (exact) mass is 408 g/mol. The highest BCUT2D eigenvalue weighted by molar-refractivity contribution is 6.04. The topological polar surface area (TPSA) is 105 Å². The van der Waals surface area contributed by atoms with E-state index in [9.17, 15) is 4.79 Å². The lowest BCUT2D eigenvalue weighted by Gasteiger charge is -2.32. The fraction of sp³-hybridized carbons (Fsp3) is 0.333. The summed E-state index contributed by atoms with van der Waals surface area (Å²) in [7, 11) is 3.18. The molecular formula is C21H24N6O3. The third-order valence-corrected chi connectivity index (χ3v) is 5.21. The zero-order valence-corrected chi connectivity index (χ0v) is 17.0. The minimum Gasteiger partial charge on any atom is -0.497 e. The lowest BCUT2D eigenvalue weighted by atomic mass is 9.94. The number of methoxy groups -OCH3 is 2. The first-order chi connectivity index (χ1) is 14.7. The molecule has 3 heterocycles. The molecule has 1 aromatic carbocycles. The molecule has 1 aliphatic heterocycles. The average Bonchev–Trinajstić information content (AvgIpc) is 3.27. The van der Waals surface area contributed by atoms with Crippen molar-refractivity contribution in [3.05, 3.63) is 54.0 Å². The van der Waals surface area contributed by atoms with Gasteiger partial charge in [0, 0.05) is 36.8 Å². The molecule has 1 saturated heterocycles. The molecule has 30 heavy (non-hydrogen) atoms. The minimum absolute atomic E-state index is 0.169. The minimum atomic E-state index is -0.191. The van der Waals surface area contributed by atoms with Crippen LogP contribution in [-0.4, -0.2) is 53.4 Å². The fourth-order valence-electron chi connectivity index (χ4n) is 3.64. The van der Waals surface area contributed by atoms with Crippen LogP contribution < -0.4 is 19.7 Å². The molecule has 2 aromatic heterocycles. The number of hydrogen-bond donors (Lipinski definition) is 2. The molecule has 0 radical (unpaired) electrons. The van der Waals surface area contributed by atoms with E-state index in [0.29, 0.717) is 28.8 Å². The highest BCUT2D eigenvalue weighted by Gasteiger charge is 2.27. The van der Waals surface area contributed by atoms with E-state index < -0.39 is 0 Å². The van der Waals surface area contributed by atoms with Crippen molar-refractivity contribution in [2.45, 2.75) is 18.8 Å². The normalized spacial score (nSPS) is 16.2. The smallest absolute Gasteiger partial charge is 0.255 e. The van der Waals surface area contributed by atoms with E-state index in [4.69, 9.17) is 9.47 Å². The number of ether oxygens (including phenoxy) is 2. The second-order valence-corrected chi connectivity index (χ2v) is 7.06. The van der Waals surface area contributed by atoms with Gasteiger partial charge in [0.25, 0.3) is 5.91 Å². The Kier molecular flexibility index (Phi) is 5.78. The second kappa shape index (κ2) is 8.81. The van der Waals surface area contributed by atoms with Gasteiger partial charge in [-0.25, -0.2) is 4.98 Å². The number of H-pyrrole nitrogens is 1. The zero-order valence-electron chi connectivity index (χ0n) is 17.0. The quantitative estimate of drug-likeness (QED) is 0.646. The number of anilines is 2. The molecule has 3 aromatic rings. The van der Waals surface area contributed by atoms with Crippen molar-refractivity contribution in [2.75, 3.05) is 37.5 Å². The van der Waals surface area contributed by atoms with Crippen LogP contribution in [0, 0.1) is 0 Å². The van der Waals surface area contributed by atoms with Gasteiger partial charge in [-0.1, -0.05) is 0 Å². The maximum Gasteiger partial charge on any atom is 0.255 e. The molecule has 9 heteroatoms. The number of aromatic nitrogens is 4. The van der Waals surface area contributed by atoms with Crippen molar-refractivity contribution in [3.8, 4) is 11.6 Å². The maximum atomic E-state index is 12.7. The second-order valence-electron chi connectivity index (χ2n) is 7.06. The highest BCUT2D eigenvalue weighted by atomic mass is 16.5. The molecule has 1 aliphatic rings. The van der Waals surface area contributed by atoms with Crippen LogP contribution in [-0.2, 0) is 0 Å². The van der Waals surface area contributed by atoms with Crippen molar-refractivity contribution >= 4 is 17.5 Å². The van der Waals surface area contributed by atoms with E-state index in [1.165, 1.54) is 0 Å². The van der Waals surface area contributed by atoms with Crippen LogP contribution in [0.2, 0.25) is 0 Å². The maximum absolute atomic E-state index is 12.7. The number of piperidine rings is 1. The van der Waals surface area contributed by atoms with Crippen LogP contribution in [0.15, 0.2) is 42.7 Å². The van der Waals surface area contributed by atoms with Gasteiger partial charge in [-0.15, -0.1) is 0 Å². The average molecular weight is 408 g/mol. The molecule has 156 valence electrons. The molecule has 0 aliphatic carbocycles. The number of rotatable bonds is 6. The SMILES string of the molecule is COc1ccc(C(=O)Nc2cn[nH]c2[C@@H]2CCCN(c3nccc(OC)n3)C2)cc1. The third kappa shape index (κ3) is 4.19. The summed E-state index contributed by atoms with van der Waals surface area (Å²) >= 11 is 0. The number of amides is 1. The Morgan fingerprint density at radius 1 is 1.20 bits per heavy atom. The largest absolute Gasteiger partial charge is 0.497 e. The van der Waals surface area contributed by atoms with Gasteiger partial charge in [-0.2, -0.15) is 10.1 Å². The number of aromatic amines is 1. The van der Waals surface area contributed by atoms with Crippen molar-refractivity contribution in [2.24, 2.45) is 0 Å². The number of nitrogens with one attached hydrogen (secondary N) is 2. The molecule has 1 atom stereocenters. The highest BCUT2D eigenvalue weighted by Crippen LogP contribution is 2.32. The van der Waals surface area contributed by atoms with Crippen LogP contribution >= 0.6 is 0 Å². The molecule has 2 N–H and O–H groups in total. The van der Waals surface area contributed by atoms with E-state index >= 15 is 0 Å². The lowest BCUT2D eigenvalue weighted by molar-refractivity contribution is 0.102. The summed E-state index contributed by atoms with van der Waals surface area (Å²) in [4.78, 5) is 23.6. The zero-order chi connectivity index (χ0) is 20.9. The molecule has 1 fully saturated rings. The van der Waals surface area contributed by atoms with Crippen LogP contribution in [0.5, 0.6) is 11.6 Å². The molecule has 0 unspecified atom stereocenters. The van der Waals surface area contributed by atoms with Gasteiger partial charge >= 0.3 is 0 Å². The molecule has 9 nitrogen and oxygen atoms in total. The standard InChI is InChI=1S/C21H24N6O3/c1-29-16-7-5-14(6-8-16)20(28)24-17-12-23-26-19(17)15-4-3-11-27(13-15)21-22-10-9-18(25-21)30-2/h5-10,12,15H,3-4,11,13H2,1-2H3,(H,23,26)(H,24,28)/t15-/m1/s1. The van der Waals surface area contributed by atoms with E-state index in [2.05, 4.69) is 30.4 Å². The summed E-state index contributed by atoms with van der Waals surface area (Å²) in [5.41, 5.74) is 2.15. The number of nitrogens with zero attached hydrogens (tertiary/aromatic N) is 4. The predicted octanol–water partition coefficient (Wildman–Crippen LogP) is 2.85. The summed E-state index contributed by atoms with van der Waals surface area (Å²) in [5, 5.41) is 10.2. The molecule has 4 rings (SSSR count). The van der Waals surface area contributed by atoms with Gasteiger partial charge in [0.05, 0.1) is 31.8 Å². The summed E-state index contributed by atoms with van der Waals surface area (Å²) < 4.78 is 10.4. The van der Waals surface area contributed by atoms with E-state index in [1.54, 1.807) is 56.9 Å². The molecule has 0 bridgehead atoms. The van der Waals surface area contributed by atoms with Gasteiger partial charge in [-0.3, -0.25) is 9.89 Å². The van der Waals surface area contributed by atoms with Crippen molar-refractivity contribution in [3.63, 3.8) is 0 Å². The first-order valence-corrected chi connectivity index (χ1v) is 9.78. The number of benzene rings is 1. The van der Waals surface area contributed by atoms with Gasteiger partial charge in [-0.05, 0) is 37.1 Å². The van der Waals surface area contributed by atoms with E-state index in [0.717, 1.165) is 31.6 Å². The number of hydrogen-bond acceptors (Lipinski definition) is 7. The van der Waals surface area contributed by atoms with Crippen molar-refractivity contribution in [1.29, 1.82) is 0 Å². The number of carbonyl (C=O) groups is 1. The summed E-state index contributed by atoms with van der Waals surface area (Å²) in [6.45, 7) is 1.59. The Balaban J connectivity index is 1.48. The summed E-state index contributed by atoms with van der Waals surface area (Å²) in [6.07, 6.45) is 5.31. The van der Waals surface area contributed by atoms with E-state index in [1.807, 2.05) is 0 Å². The van der Waals surface area contributed by atoms with E-state index in [-0.39, 0.29) is 11.8 Å². The molecular weight excluding hydrogens is 384 g/mol. The van der Waals surface area contributed by atoms with Gasteiger partial charge in [0.15, 0.2) is 0 Å².